The van der Waals surface area contributed by atoms with Crippen molar-refractivity contribution in [2.24, 2.45) is 0 Å². The van der Waals surface area contributed by atoms with Gasteiger partial charge in [-0.25, -0.2) is 0 Å². The van der Waals surface area contributed by atoms with Gasteiger partial charge in [-0.15, -0.1) is 0 Å². The molecular weight excluding hydrogens is 182 g/mol. The summed E-state index contributed by atoms with van der Waals surface area (Å²) in [4.78, 5) is 2.61. The molecule has 0 aromatic heterocycles. The van der Waals surface area contributed by atoms with E-state index < -0.39 is 0 Å². The van der Waals surface area contributed by atoms with Crippen LogP contribution in [0.25, 0.3) is 0 Å². The molecule has 1 aliphatic heterocycles. The Hall–Kier alpha value is -0.820. The average molecular weight is 203 g/mol. The Labute approximate surface area is 93.1 Å². The Morgan fingerprint density at radius 3 is 2.53 bits per heavy atom. The predicted molar refractivity (Wildman–Crippen MR) is 65.2 cm³/mol. The van der Waals surface area contributed by atoms with E-state index in [-0.39, 0.29) is 0 Å². The third kappa shape index (κ3) is 3.07. The van der Waals surface area contributed by atoms with E-state index in [1.165, 1.54) is 56.4 Å². The van der Waals surface area contributed by atoms with Crippen molar-refractivity contribution in [3.8, 4) is 0 Å². The molecule has 1 aromatic carbocycles. The Morgan fingerprint density at radius 1 is 1.07 bits per heavy atom. The highest BCUT2D eigenvalue weighted by Gasteiger charge is 2.09. The lowest BCUT2D eigenvalue weighted by Gasteiger charge is -2.26. The Balaban J connectivity index is 1.84. The molecule has 0 spiro atoms. The fourth-order valence-corrected chi connectivity index (χ4v) is 2.35. The van der Waals surface area contributed by atoms with Gasteiger partial charge in [-0.05, 0) is 50.4 Å². The average Bonchev–Trinajstić information content (AvgIpc) is 2.29. The van der Waals surface area contributed by atoms with E-state index >= 15 is 0 Å². The van der Waals surface area contributed by atoms with Crippen LogP contribution in [0.1, 0.15) is 30.4 Å². The Bertz CT molecular complexity index is 300. The van der Waals surface area contributed by atoms with Crippen LogP contribution in [0.4, 0.5) is 0 Å². The van der Waals surface area contributed by atoms with Gasteiger partial charge in [-0.1, -0.05) is 30.7 Å². The van der Waals surface area contributed by atoms with Crippen LogP contribution in [0.2, 0.25) is 0 Å². The summed E-state index contributed by atoms with van der Waals surface area (Å²) in [6.07, 6.45) is 5.44. The van der Waals surface area contributed by atoms with Gasteiger partial charge < -0.3 is 4.90 Å². The van der Waals surface area contributed by atoms with Gasteiger partial charge in [0.05, 0.1) is 0 Å². The van der Waals surface area contributed by atoms with Crippen molar-refractivity contribution in [2.75, 3.05) is 19.6 Å². The topological polar surface area (TPSA) is 3.24 Å². The van der Waals surface area contributed by atoms with Crippen molar-refractivity contribution in [1.82, 2.24) is 4.90 Å². The maximum absolute atomic E-state index is 2.61. The zero-order chi connectivity index (χ0) is 10.5. The third-order valence-electron chi connectivity index (χ3n) is 3.41. The van der Waals surface area contributed by atoms with Crippen LogP contribution in [0.5, 0.6) is 0 Å². The summed E-state index contributed by atoms with van der Waals surface area (Å²) >= 11 is 0. The fraction of sp³-hybridized carbons (Fsp3) is 0.571. The molecule has 0 aliphatic carbocycles. The van der Waals surface area contributed by atoms with Gasteiger partial charge in [0.15, 0.2) is 0 Å². The van der Waals surface area contributed by atoms with Gasteiger partial charge in [0.1, 0.15) is 0 Å². The second kappa shape index (κ2) is 5.32. The lowest BCUT2D eigenvalue weighted by Crippen LogP contribution is -2.31. The van der Waals surface area contributed by atoms with Gasteiger partial charge in [0.25, 0.3) is 0 Å². The summed E-state index contributed by atoms with van der Waals surface area (Å²) in [5.41, 5.74) is 2.96. The number of rotatable bonds is 3. The normalized spacial score (nSPS) is 17.9. The molecule has 0 unspecified atom stereocenters. The third-order valence-corrected chi connectivity index (χ3v) is 3.41. The summed E-state index contributed by atoms with van der Waals surface area (Å²) in [5, 5.41) is 0. The van der Waals surface area contributed by atoms with Crippen molar-refractivity contribution < 1.29 is 0 Å². The molecular formula is C14H21N. The molecule has 0 amide bonds. The smallest absolute Gasteiger partial charge is 0.00219 e. The zero-order valence-corrected chi connectivity index (χ0v) is 9.71. The summed E-state index contributed by atoms with van der Waals surface area (Å²) in [6, 6.07) is 8.75. The molecule has 0 N–H and O–H groups in total. The minimum Gasteiger partial charge on any atom is -0.303 e. The van der Waals surface area contributed by atoms with E-state index in [1.807, 2.05) is 0 Å². The highest BCUT2D eigenvalue weighted by Crippen LogP contribution is 2.12. The van der Waals surface area contributed by atoms with Crippen molar-refractivity contribution in [3.63, 3.8) is 0 Å². The highest BCUT2D eigenvalue weighted by molar-refractivity contribution is 5.25. The van der Waals surface area contributed by atoms with Crippen molar-refractivity contribution in [1.29, 1.82) is 0 Å². The molecule has 0 saturated carbocycles. The van der Waals surface area contributed by atoms with E-state index in [9.17, 15) is 0 Å². The minimum atomic E-state index is 1.21. The first-order chi connectivity index (χ1) is 7.36. The van der Waals surface area contributed by atoms with Crippen LogP contribution >= 0.6 is 0 Å². The largest absolute Gasteiger partial charge is 0.303 e. The number of benzene rings is 1. The molecule has 1 aliphatic rings. The van der Waals surface area contributed by atoms with E-state index in [1.54, 1.807) is 0 Å². The standard InChI is InChI=1S/C14H21N/c1-13-7-3-4-8-14(13)9-12-15-10-5-2-6-11-15/h3-4,7-8H,2,5-6,9-12H2,1H3. The fourth-order valence-electron chi connectivity index (χ4n) is 2.35. The van der Waals surface area contributed by atoms with E-state index in [0.717, 1.165) is 0 Å². The summed E-state index contributed by atoms with van der Waals surface area (Å²) in [7, 11) is 0. The number of aryl methyl sites for hydroxylation is 1. The van der Waals surface area contributed by atoms with E-state index in [2.05, 4.69) is 36.1 Å². The van der Waals surface area contributed by atoms with Crippen LogP contribution in [-0.4, -0.2) is 24.5 Å². The first kappa shape index (κ1) is 10.7. The van der Waals surface area contributed by atoms with Crippen molar-refractivity contribution in [3.05, 3.63) is 35.4 Å². The SMILES string of the molecule is Cc1ccccc1CCN1CCCCC1. The summed E-state index contributed by atoms with van der Waals surface area (Å²) in [5.74, 6) is 0. The number of piperidine rings is 1. The molecule has 0 atom stereocenters. The first-order valence-corrected chi connectivity index (χ1v) is 6.13. The molecule has 0 radical (unpaired) electrons. The van der Waals surface area contributed by atoms with Crippen LogP contribution in [0.3, 0.4) is 0 Å². The van der Waals surface area contributed by atoms with Crippen LogP contribution in [0, 0.1) is 6.92 Å². The van der Waals surface area contributed by atoms with Gasteiger partial charge in [0, 0.05) is 6.54 Å². The maximum atomic E-state index is 2.61. The second-order valence-corrected chi connectivity index (χ2v) is 4.58. The number of hydrogen-bond acceptors (Lipinski definition) is 1. The number of likely N-dealkylation sites (tertiary alicyclic amines) is 1. The minimum absolute atomic E-state index is 1.21. The molecule has 2 rings (SSSR count). The molecule has 1 saturated heterocycles. The monoisotopic (exact) mass is 203 g/mol. The Kier molecular flexibility index (Phi) is 3.79. The predicted octanol–water partition coefficient (Wildman–Crippen LogP) is 3.02. The first-order valence-electron chi connectivity index (χ1n) is 6.13. The van der Waals surface area contributed by atoms with Crippen molar-refractivity contribution in [2.45, 2.75) is 32.6 Å². The second-order valence-electron chi connectivity index (χ2n) is 4.58. The molecule has 0 bridgehead atoms. The molecule has 1 nitrogen and oxygen atoms in total. The molecule has 1 aromatic rings. The molecule has 15 heavy (non-hydrogen) atoms. The van der Waals surface area contributed by atoms with Gasteiger partial charge in [-0.2, -0.15) is 0 Å². The lowest BCUT2D eigenvalue weighted by molar-refractivity contribution is 0.231. The number of hydrogen-bond donors (Lipinski definition) is 0. The lowest BCUT2D eigenvalue weighted by atomic mass is 10.0. The number of nitrogens with zero attached hydrogens (tertiary/aromatic N) is 1. The van der Waals surface area contributed by atoms with Crippen LogP contribution in [-0.2, 0) is 6.42 Å². The molecule has 1 heteroatoms. The van der Waals surface area contributed by atoms with Gasteiger partial charge in [0.2, 0.25) is 0 Å². The van der Waals surface area contributed by atoms with Crippen molar-refractivity contribution >= 4 is 0 Å². The van der Waals surface area contributed by atoms with Crippen LogP contribution in [0.15, 0.2) is 24.3 Å². The molecule has 82 valence electrons. The van der Waals surface area contributed by atoms with Gasteiger partial charge >= 0.3 is 0 Å². The summed E-state index contributed by atoms with van der Waals surface area (Å²) in [6.45, 7) is 6.08. The highest BCUT2D eigenvalue weighted by atomic mass is 15.1. The maximum Gasteiger partial charge on any atom is 0.00219 e. The molecule has 1 fully saturated rings. The van der Waals surface area contributed by atoms with E-state index in [4.69, 9.17) is 0 Å². The zero-order valence-electron chi connectivity index (χ0n) is 9.71. The van der Waals surface area contributed by atoms with Gasteiger partial charge in [-0.3, -0.25) is 0 Å². The summed E-state index contributed by atoms with van der Waals surface area (Å²) < 4.78 is 0. The van der Waals surface area contributed by atoms with E-state index in [0.29, 0.717) is 0 Å². The van der Waals surface area contributed by atoms with Crippen LogP contribution < -0.4 is 0 Å². The quantitative estimate of drug-likeness (QED) is 0.730. The molecule has 1 heterocycles. The Morgan fingerprint density at radius 2 is 1.80 bits per heavy atom.